The molecule has 0 spiro atoms. The summed E-state index contributed by atoms with van der Waals surface area (Å²) in [6.07, 6.45) is 19.9. The first-order valence-electron chi connectivity index (χ1n) is 11.1. The van der Waals surface area contributed by atoms with Crippen LogP contribution in [0.25, 0.3) is 0 Å². The lowest BCUT2D eigenvalue weighted by molar-refractivity contribution is -0.893. The molecule has 0 aliphatic heterocycles. The van der Waals surface area contributed by atoms with E-state index in [0.29, 0.717) is 4.48 Å². The number of likely N-dealkylation sites (N-methyl/N-ethyl adjacent to an activating group) is 1. The third kappa shape index (κ3) is 18.5. The van der Waals surface area contributed by atoms with Gasteiger partial charge in [-0.25, -0.2) is 0 Å². The van der Waals surface area contributed by atoms with Crippen LogP contribution in [0.4, 0.5) is 0 Å². The molecular weight excluding hydrogens is 310 g/mol. The zero-order valence-corrected chi connectivity index (χ0v) is 17.6. The fourth-order valence-electron chi connectivity index (χ4n) is 3.60. The van der Waals surface area contributed by atoms with Crippen molar-refractivity contribution in [1.82, 2.24) is 0 Å². The molecule has 0 radical (unpaired) electrons. The van der Waals surface area contributed by atoms with Crippen LogP contribution in [0.15, 0.2) is 0 Å². The van der Waals surface area contributed by atoms with Crippen LogP contribution in [0, 0.1) is 0 Å². The smallest absolute Gasteiger partial charge is 0.105 e. The van der Waals surface area contributed by atoms with Crippen molar-refractivity contribution in [2.45, 2.75) is 109 Å². The fourth-order valence-corrected chi connectivity index (χ4v) is 3.60. The molecule has 0 saturated carbocycles. The molecular formula is C22H48NO2+. The normalized spacial score (nSPS) is 13.3. The first-order valence-corrected chi connectivity index (χ1v) is 11.1. The fraction of sp³-hybridized carbons (Fsp3) is 1.00. The first-order chi connectivity index (χ1) is 12.0. The number of hydrogen-bond acceptors (Lipinski definition) is 2. The standard InChI is InChI=1S/C22H48NO2/c1-4-5-6-7-8-9-10-11-12-13-14-15-16-17-18-22(25)21-23(2,3)19-20-24/h22,24-25H,4-21H2,1-3H3/q+1. The lowest BCUT2D eigenvalue weighted by Gasteiger charge is -2.31. The van der Waals surface area contributed by atoms with Gasteiger partial charge in [0.15, 0.2) is 0 Å². The SMILES string of the molecule is CCCCCCCCCCCCCCCCC(O)C[N+](C)(C)CCO. The molecule has 3 nitrogen and oxygen atoms in total. The molecule has 0 rings (SSSR count). The van der Waals surface area contributed by atoms with Crippen molar-refractivity contribution < 1.29 is 14.7 Å². The number of aliphatic hydroxyl groups excluding tert-OH is 2. The molecule has 0 aliphatic rings. The maximum atomic E-state index is 10.1. The van der Waals surface area contributed by atoms with Gasteiger partial charge in [-0.2, -0.15) is 0 Å². The molecule has 25 heavy (non-hydrogen) atoms. The Kier molecular flexibility index (Phi) is 17.2. The summed E-state index contributed by atoms with van der Waals surface area (Å²) in [7, 11) is 4.15. The van der Waals surface area contributed by atoms with Crippen LogP contribution in [0.2, 0.25) is 0 Å². The van der Waals surface area contributed by atoms with Crippen molar-refractivity contribution in [1.29, 1.82) is 0 Å². The number of nitrogens with zero attached hydrogens (tertiary/aromatic N) is 1. The molecule has 0 aromatic heterocycles. The van der Waals surface area contributed by atoms with Gasteiger partial charge in [0, 0.05) is 0 Å². The van der Waals surface area contributed by atoms with E-state index in [1.165, 1.54) is 83.5 Å². The Balaban J connectivity index is 3.26. The van der Waals surface area contributed by atoms with Crippen LogP contribution in [-0.4, -0.2) is 54.6 Å². The number of unbranched alkanes of at least 4 members (excludes halogenated alkanes) is 13. The largest absolute Gasteiger partial charge is 0.391 e. The number of aliphatic hydroxyl groups is 2. The summed E-state index contributed by atoms with van der Waals surface area (Å²) in [6, 6.07) is 0. The quantitative estimate of drug-likeness (QED) is 0.243. The van der Waals surface area contributed by atoms with Gasteiger partial charge in [-0.15, -0.1) is 0 Å². The average molecular weight is 359 g/mol. The van der Waals surface area contributed by atoms with Gasteiger partial charge < -0.3 is 14.7 Å². The van der Waals surface area contributed by atoms with Gasteiger partial charge in [0.2, 0.25) is 0 Å². The van der Waals surface area contributed by atoms with E-state index in [4.69, 9.17) is 5.11 Å². The van der Waals surface area contributed by atoms with Crippen LogP contribution in [0.3, 0.4) is 0 Å². The Bertz CT molecular complexity index is 269. The van der Waals surface area contributed by atoms with Gasteiger partial charge in [-0.3, -0.25) is 0 Å². The summed E-state index contributed by atoms with van der Waals surface area (Å²) in [5.41, 5.74) is 0. The monoisotopic (exact) mass is 358 g/mol. The highest BCUT2D eigenvalue weighted by atomic mass is 16.3. The molecule has 0 saturated heterocycles. The number of hydrogen-bond donors (Lipinski definition) is 2. The van der Waals surface area contributed by atoms with Gasteiger partial charge in [0.1, 0.15) is 19.2 Å². The van der Waals surface area contributed by atoms with Crippen LogP contribution in [0.5, 0.6) is 0 Å². The van der Waals surface area contributed by atoms with Crippen LogP contribution < -0.4 is 0 Å². The first kappa shape index (κ1) is 24.9. The number of rotatable bonds is 19. The molecule has 152 valence electrons. The molecule has 0 bridgehead atoms. The molecule has 2 N–H and O–H groups in total. The van der Waals surface area contributed by atoms with Crippen LogP contribution >= 0.6 is 0 Å². The van der Waals surface area contributed by atoms with E-state index < -0.39 is 0 Å². The van der Waals surface area contributed by atoms with Gasteiger partial charge in [0.25, 0.3) is 0 Å². The third-order valence-electron chi connectivity index (χ3n) is 5.30. The van der Waals surface area contributed by atoms with Crippen molar-refractivity contribution in [3.05, 3.63) is 0 Å². The minimum Gasteiger partial charge on any atom is -0.391 e. The van der Waals surface area contributed by atoms with E-state index >= 15 is 0 Å². The zero-order valence-electron chi connectivity index (χ0n) is 17.6. The topological polar surface area (TPSA) is 40.5 Å². The highest BCUT2D eigenvalue weighted by Gasteiger charge is 2.19. The van der Waals surface area contributed by atoms with Crippen LogP contribution in [0.1, 0.15) is 103 Å². The molecule has 0 aromatic carbocycles. The van der Waals surface area contributed by atoms with Crippen molar-refractivity contribution >= 4 is 0 Å². The Morgan fingerprint density at radius 2 is 1.08 bits per heavy atom. The minimum absolute atomic E-state index is 0.193. The molecule has 0 fully saturated rings. The molecule has 0 aromatic rings. The number of quaternary nitrogens is 1. The van der Waals surface area contributed by atoms with Crippen molar-refractivity contribution in [3.63, 3.8) is 0 Å². The van der Waals surface area contributed by atoms with E-state index in [1.54, 1.807) is 0 Å². The van der Waals surface area contributed by atoms with Crippen molar-refractivity contribution in [2.24, 2.45) is 0 Å². The molecule has 1 atom stereocenters. The van der Waals surface area contributed by atoms with Gasteiger partial charge in [0.05, 0.1) is 20.7 Å². The minimum atomic E-state index is -0.223. The summed E-state index contributed by atoms with van der Waals surface area (Å²) < 4.78 is 0.705. The van der Waals surface area contributed by atoms with E-state index in [1.807, 2.05) is 0 Å². The van der Waals surface area contributed by atoms with Crippen molar-refractivity contribution in [3.8, 4) is 0 Å². The summed E-state index contributed by atoms with van der Waals surface area (Å²) in [4.78, 5) is 0. The average Bonchev–Trinajstić information content (AvgIpc) is 2.54. The Hall–Kier alpha value is -0.120. The highest BCUT2D eigenvalue weighted by molar-refractivity contribution is 4.56. The molecule has 1 unspecified atom stereocenters. The Morgan fingerprint density at radius 3 is 1.48 bits per heavy atom. The maximum absolute atomic E-state index is 10.1. The Labute approximate surface area is 158 Å². The van der Waals surface area contributed by atoms with Gasteiger partial charge >= 0.3 is 0 Å². The third-order valence-corrected chi connectivity index (χ3v) is 5.30. The molecule has 3 heteroatoms. The predicted octanol–water partition coefficient (Wildman–Crippen LogP) is 5.29. The molecule has 0 heterocycles. The second-order valence-corrected chi connectivity index (χ2v) is 8.60. The van der Waals surface area contributed by atoms with Gasteiger partial charge in [-0.1, -0.05) is 96.8 Å². The summed E-state index contributed by atoms with van der Waals surface area (Å²) in [5.74, 6) is 0. The Morgan fingerprint density at radius 1 is 0.680 bits per heavy atom. The van der Waals surface area contributed by atoms with Crippen LogP contribution in [-0.2, 0) is 0 Å². The predicted molar refractivity (Wildman–Crippen MR) is 110 cm³/mol. The van der Waals surface area contributed by atoms with Gasteiger partial charge in [-0.05, 0) is 6.42 Å². The summed E-state index contributed by atoms with van der Waals surface area (Å²) in [5, 5.41) is 19.1. The van der Waals surface area contributed by atoms with E-state index in [-0.39, 0.29) is 12.7 Å². The van der Waals surface area contributed by atoms with E-state index in [0.717, 1.165) is 25.9 Å². The summed E-state index contributed by atoms with van der Waals surface area (Å²) in [6.45, 7) is 3.94. The lowest BCUT2D eigenvalue weighted by atomic mass is 10.0. The van der Waals surface area contributed by atoms with Crippen molar-refractivity contribution in [2.75, 3.05) is 33.8 Å². The molecule has 0 amide bonds. The maximum Gasteiger partial charge on any atom is 0.105 e. The van der Waals surface area contributed by atoms with E-state index in [9.17, 15) is 5.11 Å². The van der Waals surface area contributed by atoms with E-state index in [2.05, 4.69) is 21.0 Å². The lowest BCUT2D eigenvalue weighted by Crippen LogP contribution is -2.47. The zero-order chi connectivity index (χ0) is 18.8. The summed E-state index contributed by atoms with van der Waals surface area (Å²) >= 11 is 0. The molecule has 0 aliphatic carbocycles. The second-order valence-electron chi connectivity index (χ2n) is 8.60. The second kappa shape index (κ2) is 17.3. The highest BCUT2D eigenvalue weighted by Crippen LogP contribution is 2.14.